The Bertz CT molecular complexity index is 500. The van der Waals surface area contributed by atoms with Crippen molar-refractivity contribution in [2.24, 2.45) is 11.8 Å². The molecule has 0 bridgehead atoms. The van der Waals surface area contributed by atoms with Crippen LogP contribution in [0.4, 0.5) is 0 Å². The van der Waals surface area contributed by atoms with Crippen molar-refractivity contribution >= 4 is 23.7 Å². The Labute approximate surface area is 154 Å². The topological polar surface area (TPSA) is 96.0 Å². The van der Waals surface area contributed by atoms with E-state index in [4.69, 9.17) is 4.74 Å². The van der Waals surface area contributed by atoms with Crippen molar-refractivity contribution in [3.05, 3.63) is 0 Å². The number of Topliss-reactive ketones (excluding diaryl/α,β-unsaturated/α-hetero) is 1. The molecule has 1 aliphatic rings. The molecule has 3 atom stereocenters. The summed E-state index contributed by atoms with van der Waals surface area (Å²) >= 11 is 0. The molecule has 0 spiro atoms. The number of rotatable bonds is 11. The molecule has 1 rings (SSSR count). The smallest absolute Gasteiger partial charge is 0.305 e. The predicted molar refractivity (Wildman–Crippen MR) is 93.1 cm³/mol. The van der Waals surface area contributed by atoms with Crippen LogP contribution in [0.5, 0.6) is 0 Å². The molecule has 0 heterocycles. The van der Waals surface area contributed by atoms with Gasteiger partial charge in [-0.1, -0.05) is 19.3 Å². The number of methoxy groups -OCH3 is 2. The molecule has 0 aromatic carbocycles. The van der Waals surface area contributed by atoms with E-state index in [0.717, 1.165) is 25.7 Å². The first-order chi connectivity index (χ1) is 12.4. The monoisotopic (exact) mass is 370 g/mol. The van der Waals surface area contributed by atoms with Crippen LogP contribution < -0.4 is 0 Å². The third-order valence-electron chi connectivity index (χ3n) is 4.91. The Hall–Kier alpha value is -1.92. The number of unbranched alkanes of at least 4 members (excludes halogenated alkanes) is 3. The van der Waals surface area contributed by atoms with E-state index in [1.807, 2.05) is 0 Å². The first kappa shape index (κ1) is 22.1. The second-order valence-corrected chi connectivity index (χ2v) is 6.73. The lowest BCUT2D eigenvalue weighted by Gasteiger charge is -2.23. The van der Waals surface area contributed by atoms with E-state index < -0.39 is 12.1 Å². The second kappa shape index (κ2) is 11.6. The highest BCUT2D eigenvalue weighted by Gasteiger charge is 2.43. The summed E-state index contributed by atoms with van der Waals surface area (Å²) in [6.07, 6.45) is 5.03. The van der Waals surface area contributed by atoms with Crippen molar-refractivity contribution in [2.45, 2.75) is 70.8 Å². The molecule has 1 fully saturated rings. The van der Waals surface area contributed by atoms with Gasteiger partial charge in [-0.3, -0.25) is 19.2 Å². The fraction of sp³-hybridized carbons (Fsp3) is 0.789. The van der Waals surface area contributed by atoms with Gasteiger partial charge in [-0.05, 0) is 19.3 Å². The predicted octanol–water partition coefficient (Wildman–Crippen LogP) is 2.59. The summed E-state index contributed by atoms with van der Waals surface area (Å²) in [6, 6.07) is 0. The molecule has 0 aromatic rings. The first-order valence-electron chi connectivity index (χ1n) is 9.22. The van der Waals surface area contributed by atoms with E-state index in [9.17, 15) is 19.2 Å². The van der Waals surface area contributed by atoms with Gasteiger partial charge in [-0.25, -0.2) is 0 Å². The quantitative estimate of drug-likeness (QED) is 0.313. The van der Waals surface area contributed by atoms with Crippen LogP contribution in [0.15, 0.2) is 0 Å². The van der Waals surface area contributed by atoms with Crippen molar-refractivity contribution in [3.8, 4) is 0 Å². The maximum absolute atomic E-state index is 12.4. The number of esters is 3. The van der Waals surface area contributed by atoms with Gasteiger partial charge in [-0.2, -0.15) is 0 Å². The van der Waals surface area contributed by atoms with Gasteiger partial charge in [0.15, 0.2) is 0 Å². The van der Waals surface area contributed by atoms with Gasteiger partial charge in [0.2, 0.25) is 0 Å². The molecule has 7 heteroatoms. The highest BCUT2D eigenvalue weighted by atomic mass is 16.5. The standard InChI is InChI=1S/C19H30O7/c1-13(20)26-17-12-16(21)14(15(17)10-11-19(23)25-3)8-6-4-5-7-9-18(22)24-2/h14-15,17H,4-12H2,1-3H3/t14-,15-,17-/m1/s1. The van der Waals surface area contributed by atoms with Crippen LogP contribution >= 0.6 is 0 Å². The van der Waals surface area contributed by atoms with Gasteiger partial charge in [0.1, 0.15) is 11.9 Å². The van der Waals surface area contributed by atoms with Gasteiger partial charge in [0.05, 0.1) is 14.2 Å². The normalized spacial score (nSPS) is 22.1. The fourth-order valence-corrected chi connectivity index (χ4v) is 3.58. The summed E-state index contributed by atoms with van der Waals surface area (Å²) in [7, 11) is 2.71. The minimum Gasteiger partial charge on any atom is -0.469 e. The fourth-order valence-electron chi connectivity index (χ4n) is 3.58. The van der Waals surface area contributed by atoms with Crippen LogP contribution in [0.2, 0.25) is 0 Å². The highest BCUT2D eigenvalue weighted by molar-refractivity contribution is 5.85. The summed E-state index contributed by atoms with van der Waals surface area (Å²) in [5, 5.41) is 0. The molecular weight excluding hydrogens is 340 g/mol. The van der Waals surface area contributed by atoms with Gasteiger partial charge in [0, 0.05) is 38.0 Å². The maximum atomic E-state index is 12.4. The zero-order valence-electron chi connectivity index (χ0n) is 16.0. The summed E-state index contributed by atoms with van der Waals surface area (Å²) in [5.74, 6) is -1.17. The van der Waals surface area contributed by atoms with Crippen LogP contribution in [-0.2, 0) is 33.4 Å². The van der Waals surface area contributed by atoms with E-state index in [1.165, 1.54) is 21.1 Å². The zero-order valence-corrected chi connectivity index (χ0v) is 16.0. The summed E-state index contributed by atoms with van der Waals surface area (Å²) in [5.41, 5.74) is 0. The van der Waals surface area contributed by atoms with Gasteiger partial charge >= 0.3 is 17.9 Å². The molecule has 0 aromatic heterocycles. The molecule has 7 nitrogen and oxygen atoms in total. The molecule has 0 aliphatic heterocycles. The van der Waals surface area contributed by atoms with E-state index in [1.54, 1.807) is 0 Å². The second-order valence-electron chi connectivity index (χ2n) is 6.73. The molecule has 0 amide bonds. The van der Waals surface area contributed by atoms with Gasteiger partial charge < -0.3 is 14.2 Å². The van der Waals surface area contributed by atoms with Crippen LogP contribution in [0, 0.1) is 11.8 Å². The number of ketones is 1. The number of ether oxygens (including phenoxy) is 3. The lowest BCUT2D eigenvalue weighted by molar-refractivity contribution is -0.149. The van der Waals surface area contributed by atoms with Crippen molar-refractivity contribution in [3.63, 3.8) is 0 Å². The van der Waals surface area contributed by atoms with Gasteiger partial charge in [0.25, 0.3) is 0 Å². The van der Waals surface area contributed by atoms with Crippen molar-refractivity contribution in [2.75, 3.05) is 14.2 Å². The summed E-state index contributed by atoms with van der Waals surface area (Å²) in [4.78, 5) is 46.2. The number of hydrogen-bond acceptors (Lipinski definition) is 7. The Balaban J connectivity index is 2.50. The van der Waals surface area contributed by atoms with E-state index in [-0.39, 0.29) is 42.4 Å². The molecule has 0 radical (unpaired) electrons. The van der Waals surface area contributed by atoms with E-state index >= 15 is 0 Å². The summed E-state index contributed by atoms with van der Waals surface area (Å²) < 4.78 is 14.6. The average molecular weight is 370 g/mol. The Morgan fingerprint density at radius 1 is 0.923 bits per heavy atom. The third-order valence-corrected chi connectivity index (χ3v) is 4.91. The van der Waals surface area contributed by atoms with Crippen molar-refractivity contribution < 1.29 is 33.4 Å². The van der Waals surface area contributed by atoms with E-state index in [2.05, 4.69) is 9.47 Å². The highest BCUT2D eigenvalue weighted by Crippen LogP contribution is 2.38. The molecular formula is C19H30O7. The molecule has 148 valence electrons. The molecule has 0 unspecified atom stereocenters. The van der Waals surface area contributed by atoms with Crippen LogP contribution in [-0.4, -0.2) is 44.0 Å². The SMILES string of the molecule is COC(=O)CCCCCC[C@H]1C(=O)C[C@@H](OC(C)=O)[C@@H]1CCC(=O)OC. The zero-order chi connectivity index (χ0) is 19.5. The molecule has 26 heavy (non-hydrogen) atoms. The lowest BCUT2D eigenvalue weighted by atomic mass is 9.86. The maximum Gasteiger partial charge on any atom is 0.305 e. The molecule has 1 aliphatic carbocycles. The Morgan fingerprint density at radius 3 is 2.15 bits per heavy atom. The average Bonchev–Trinajstić information content (AvgIpc) is 2.89. The lowest BCUT2D eigenvalue weighted by Crippen LogP contribution is -2.25. The number of carbonyl (C=O) groups is 4. The third kappa shape index (κ3) is 7.54. The Kier molecular flexibility index (Phi) is 9.91. The Morgan fingerprint density at radius 2 is 1.54 bits per heavy atom. The number of hydrogen-bond donors (Lipinski definition) is 0. The van der Waals surface area contributed by atoms with Crippen molar-refractivity contribution in [1.29, 1.82) is 0 Å². The number of carbonyl (C=O) groups excluding carboxylic acids is 4. The minimum atomic E-state index is -0.450. The van der Waals surface area contributed by atoms with Crippen molar-refractivity contribution in [1.82, 2.24) is 0 Å². The van der Waals surface area contributed by atoms with Crippen LogP contribution in [0.25, 0.3) is 0 Å². The molecule has 1 saturated carbocycles. The van der Waals surface area contributed by atoms with Crippen LogP contribution in [0.3, 0.4) is 0 Å². The largest absolute Gasteiger partial charge is 0.469 e. The summed E-state index contributed by atoms with van der Waals surface area (Å²) in [6.45, 7) is 1.33. The van der Waals surface area contributed by atoms with E-state index in [0.29, 0.717) is 19.3 Å². The first-order valence-corrected chi connectivity index (χ1v) is 9.22. The van der Waals surface area contributed by atoms with Crippen LogP contribution in [0.1, 0.15) is 64.7 Å². The minimum absolute atomic E-state index is 0.0978. The molecule has 0 saturated heterocycles. The van der Waals surface area contributed by atoms with Gasteiger partial charge in [-0.15, -0.1) is 0 Å². The molecule has 0 N–H and O–H groups in total.